The highest BCUT2D eigenvalue weighted by Gasteiger charge is 2.07. The van der Waals surface area contributed by atoms with E-state index in [0.717, 1.165) is 0 Å². The van der Waals surface area contributed by atoms with Crippen LogP contribution >= 0.6 is 11.6 Å². The van der Waals surface area contributed by atoms with Crippen molar-refractivity contribution >= 4 is 32.6 Å². The van der Waals surface area contributed by atoms with Crippen molar-refractivity contribution in [2.75, 3.05) is 0 Å². The van der Waals surface area contributed by atoms with E-state index in [9.17, 15) is 17.1 Å². The van der Waals surface area contributed by atoms with Crippen molar-refractivity contribution in [2.24, 2.45) is 0 Å². The van der Waals surface area contributed by atoms with Gasteiger partial charge in [0.15, 0.2) is 5.78 Å². The predicted molar refractivity (Wildman–Crippen MR) is 60.3 cm³/mol. The van der Waals surface area contributed by atoms with Crippen molar-refractivity contribution in [1.82, 2.24) is 0 Å². The van der Waals surface area contributed by atoms with E-state index in [-0.39, 0.29) is 10.8 Å². The monoisotopic (exact) mass is 262 g/mol. The van der Waals surface area contributed by atoms with Gasteiger partial charge in [-0.1, -0.05) is 35.9 Å². The summed E-state index contributed by atoms with van der Waals surface area (Å²) >= 11 is 5.58. The Labute approximate surface area is 97.8 Å². The molecule has 0 aliphatic heterocycles. The summed E-state index contributed by atoms with van der Waals surface area (Å²) in [5.74, 6) is -0.121. The summed E-state index contributed by atoms with van der Waals surface area (Å²) in [5.41, 5.74) is 0.796. The smallest absolute Gasteiger partial charge is 0.295 e. The Bertz CT molecular complexity index is 532. The maximum atomic E-state index is 12.3. The Balaban J connectivity index is 3.08. The van der Waals surface area contributed by atoms with E-state index >= 15 is 0 Å². The number of halogens is 2. The van der Waals surface area contributed by atoms with Crippen LogP contribution < -0.4 is 0 Å². The van der Waals surface area contributed by atoms with Crippen LogP contribution in [0.4, 0.5) is 3.89 Å². The van der Waals surface area contributed by atoms with Gasteiger partial charge in [0.1, 0.15) is 0 Å². The van der Waals surface area contributed by atoms with E-state index in [1.807, 2.05) is 0 Å². The molecule has 0 bridgehead atoms. The first-order valence-corrected chi connectivity index (χ1v) is 6.05. The van der Waals surface area contributed by atoms with Gasteiger partial charge in [0.05, 0.1) is 10.4 Å². The summed E-state index contributed by atoms with van der Waals surface area (Å²) in [6, 6.07) is 5.86. The SMILES string of the molecule is CC(=O)c1ccc(/C(Cl)=C\S(=O)(=O)F)cc1. The molecule has 0 amide bonds. The van der Waals surface area contributed by atoms with Crippen molar-refractivity contribution in [3.63, 3.8) is 0 Å². The van der Waals surface area contributed by atoms with Crippen LogP contribution in [0.15, 0.2) is 29.7 Å². The first kappa shape index (κ1) is 12.9. The minimum absolute atomic E-state index is 0.121. The summed E-state index contributed by atoms with van der Waals surface area (Å²) in [5, 5.41) is 0.0785. The summed E-state index contributed by atoms with van der Waals surface area (Å²) in [6.45, 7) is 1.40. The van der Waals surface area contributed by atoms with Crippen LogP contribution in [0.5, 0.6) is 0 Å². The Kier molecular flexibility index (Phi) is 3.83. The number of Topliss-reactive ketones (excluding diaryl/α,β-unsaturated/α-hetero) is 1. The molecule has 0 aliphatic carbocycles. The molecule has 0 aromatic heterocycles. The fourth-order valence-corrected chi connectivity index (χ4v) is 1.88. The van der Waals surface area contributed by atoms with Crippen LogP contribution in [0.3, 0.4) is 0 Å². The van der Waals surface area contributed by atoms with Gasteiger partial charge in [-0.3, -0.25) is 4.79 Å². The van der Waals surface area contributed by atoms with E-state index in [1.165, 1.54) is 31.2 Å². The van der Waals surface area contributed by atoms with Crippen molar-refractivity contribution in [2.45, 2.75) is 6.92 Å². The molecule has 86 valence electrons. The number of hydrogen-bond donors (Lipinski definition) is 0. The van der Waals surface area contributed by atoms with Crippen LogP contribution in [-0.4, -0.2) is 14.2 Å². The van der Waals surface area contributed by atoms with Gasteiger partial charge in [-0.15, -0.1) is 3.89 Å². The molecule has 1 aromatic carbocycles. The molecule has 0 saturated carbocycles. The van der Waals surface area contributed by atoms with Gasteiger partial charge in [-0.25, -0.2) is 0 Å². The van der Waals surface area contributed by atoms with E-state index < -0.39 is 10.2 Å². The van der Waals surface area contributed by atoms with Gasteiger partial charge in [0.25, 0.3) is 0 Å². The molecule has 0 aliphatic rings. The van der Waals surface area contributed by atoms with Gasteiger partial charge >= 0.3 is 10.2 Å². The van der Waals surface area contributed by atoms with Crippen molar-refractivity contribution < 1.29 is 17.1 Å². The normalized spacial score (nSPS) is 12.6. The Hall–Kier alpha value is -1.20. The van der Waals surface area contributed by atoms with Gasteiger partial charge in [0, 0.05) is 5.56 Å². The van der Waals surface area contributed by atoms with E-state index in [1.54, 1.807) is 0 Å². The first-order chi connectivity index (χ1) is 7.29. The molecule has 0 atom stereocenters. The van der Waals surface area contributed by atoms with Crippen molar-refractivity contribution in [3.8, 4) is 0 Å². The lowest BCUT2D eigenvalue weighted by atomic mass is 10.1. The van der Waals surface area contributed by atoms with Crippen LogP contribution in [0, 0.1) is 0 Å². The zero-order valence-electron chi connectivity index (χ0n) is 8.28. The highest BCUT2D eigenvalue weighted by molar-refractivity contribution is 7.89. The Morgan fingerprint density at radius 3 is 2.06 bits per heavy atom. The third-order valence-corrected chi connectivity index (χ3v) is 2.79. The molecule has 0 N–H and O–H groups in total. The summed E-state index contributed by atoms with van der Waals surface area (Å²) < 4.78 is 32.9. The molecule has 1 rings (SSSR count). The molecular formula is C10H8ClFO3S. The predicted octanol–water partition coefficient (Wildman–Crippen LogP) is 2.73. The number of carbonyl (C=O) groups excluding carboxylic acids is 1. The molecule has 16 heavy (non-hydrogen) atoms. The van der Waals surface area contributed by atoms with E-state index in [2.05, 4.69) is 0 Å². The quantitative estimate of drug-likeness (QED) is 0.622. The number of benzene rings is 1. The van der Waals surface area contributed by atoms with Gasteiger partial charge < -0.3 is 0 Å². The molecule has 0 heterocycles. The van der Waals surface area contributed by atoms with Gasteiger partial charge in [0.2, 0.25) is 0 Å². The van der Waals surface area contributed by atoms with Crippen LogP contribution in [0.1, 0.15) is 22.8 Å². The lowest BCUT2D eigenvalue weighted by Crippen LogP contribution is -1.91. The number of hydrogen-bond acceptors (Lipinski definition) is 3. The average Bonchev–Trinajstić information content (AvgIpc) is 2.15. The number of ketones is 1. The van der Waals surface area contributed by atoms with E-state index in [0.29, 0.717) is 16.5 Å². The second-order valence-corrected chi connectivity index (χ2v) is 4.67. The minimum Gasteiger partial charge on any atom is -0.295 e. The van der Waals surface area contributed by atoms with Crippen molar-refractivity contribution in [3.05, 3.63) is 40.8 Å². The zero-order valence-corrected chi connectivity index (χ0v) is 9.85. The van der Waals surface area contributed by atoms with Crippen LogP contribution in [0.25, 0.3) is 5.03 Å². The second-order valence-electron chi connectivity index (χ2n) is 3.07. The van der Waals surface area contributed by atoms with Crippen LogP contribution in [0.2, 0.25) is 0 Å². The standard InChI is InChI=1S/C10H8ClFO3S/c1-7(13)8-2-4-9(5-3-8)10(11)6-16(12,14)15/h2-6H,1H3/b10-6+. The molecule has 6 heteroatoms. The lowest BCUT2D eigenvalue weighted by molar-refractivity contribution is 0.101. The van der Waals surface area contributed by atoms with Gasteiger partial charge in [-0.05, 0) is 12.5 Å². The largest absolute Gasteiger partial charge is 0.326 e. The third kappa shape index (κ3) is 3.75. The van der Waals surface area contributed by atoms with E-state index in [4.69, 9.17) is 11.6 Å². The molecule has 0 saturated heterocycles. The Morgan fingerprint density at radius 2 is 1.69 bits per heavy atom. The maximum Gasteiger partial charge on any atom is 0.326 e. The van der Waals surface area contributed by atoms with Gasteiger partial charge in [-0.2, -0.15) is 8.42 Å². The highest BCUT2D eigenvalue weighted by Crippen LogP contribution is 2.21. The second kappa shape index (κ2) is 4.76. The topological polar surface area (TPSA) is 51.2 Å². The molecule has 0 unspecified atom stereocenters. The zero-order chi connectivity index (χ0) is 12.3. The Morgan fingerprint density at radius 1 is 1.25 bits per heavy atom. The molecule has 0 radical (unpaired) electrons. The summed E-state index contributed by atoms with van der Waals surface area (Å²) in [6.07, 6.45) is 0. The number of carbonyl (C=O) groups is 1. The molecule has 0 fully saturated rings. The molecule has 0 spiro atoms. The summed E-state index contributed by atoms with van der Waals surface area (Å²) in [7, 11) is -4.76. The average molecular weight is 263 g/mol. The lowest BCUT2D eigenvalue weighted by Gasteiger charge is -1.99. The fourth-order valence-electron chi connectivity index (χ4n) is 1.06. The summed E-state index contributed by atoms with van der Waals surface area (Å²) in [4.78, 5) is 11.0. The minimum atomic E-state index is -4.76. The fraction of sp³-hybridized carbons (Fsp3) is 0.100. The van der Waals surface area contributed by atoms with Crippen molar-refractivity contribution in [1.29, 1.82) is 0 Å². The van der Waals surface area contributed by atoms with Crippen LogP contribution in [-0.2, 0) is 10.2 Å². The first-order valence-electron chi connectivity index (χ1n) is 4.23. The number of rotatable bonds is 3. The molecule has 3 nitrogen and oxygen atoms in total. The highest BCUT2D eigenvalue weighted by atomic mass is 35.5. The molecular weight excluding hydrogens is 255 g/mol. The molecule has 1 aromatic rings. The third-order valence-electron chi connectivity index (χ3n) is 1.81. The maximum absolute atomic E-state index is 12.3.